The maximum Gasteiger partial charge on any atom is 0.222 e. The Morgan fingerprint density at radius 2 is 2.00 bits per heavy atom. The molecule has 0 aromatic heterocycles. The lowest BCUT2D eigenvalue weighted by molar-refractivity contribution is -0.131. The van der Waals surface area contributed by atoms with Gasteiger partial charge in [0.15, 0.2) is 0 Å². The topological polar surface area (TPSA) is 46.3 Å². The molecule has 3 nitrogen and oxygen atoms in total. The zero-order chi connectivity index (χ0) is 14.4. The highest BCUT2D eigenvalue weighted by molar-refractivity contribution is 5.76. The molecule has 1 atom stereocenters. The Bertz CT molecular complexity index is 415. The summed E-state index contributed by atoms with van der Waals surface area (Å²) in [6.07, 6.45) is 2.34. The number of nitrogen functional groups attached to an aromatic ring is 1. The first-order valence-electron chi connectivity index (χ1n) is 7.00. The number of amides is 1. The minimum Gasteiger partial charge on any atom is -0.399 e. The SMILES string of the molecule is CC(C)CC(C)N(C)C(=O)CCc1cccc(N)c1. The minimum atomic E-state index is 0.204. The van der Waals surface area contributed by atoms with Crippen LogP contribution in [0.2, 0.25) is 0 Å². The van der Waals surface area contributed by atoms with Gasteiger partial charge in [0.25, 0.3) is 0 Å². The van der Waals surface area contributed by atoms with E-state index in [1.807, 2.05) is 36.2 Å². The maximum atomic E-state index is 12.1. The third-order valence-corrected chi connectivity index (χ3v) is 3.45. The summed E-state index contributed by atoms with van der Waals surface area (Å²) in [5.41, 5.74) is 7.61. The monoisotopic (exact) mass is 262 g/mol. The normalized spacial score (nSPS) is 12.5. The van der Waals surface area contributed by atoms with Gasteiger partial charge in [-0.1, -0.05) is 26.0 Å². The molecule has 0 radical (unpaired) electrons. The highest BCUT2D eigenvalue weighted by Gasteiger charge is 2.16. The molecule has 1 amide bonds. The Morgan fingerprint density at radius 3 is 2.58 bits per heavy atom. The summed E-state index contributed by atoms with van der Waals surface area (Å²) in [5, 5.41) is 0. The maximum absolute atomic E-state index is 12.1. The Hall–Kier alpha value is -1.51. The fourth-order valence-corrected chi connectivity index (χ4v) is 2.26. The predicted octanol–water partition coefficient (Wildman–Crippen LogP) is 3.09. The second-order valence-electron chi connectivity index (χ2n) is 5.73. The molecule has 19 heavy (non-hydrogen) atoms. The Labute approximate surface area is 116 Å². The highest BCUT2D eigenvalue weighted by Crippen LogP contribution is 2.13. The molecule has 0 spiro atoms. The zero-order valence-corrected chi connectivity index (χ0v) is 12.5. The summed E-state index contributed by atoms with van der Waals surface area (Å²) in [6, 6.07) is 8.04. The largest absolute Gasteiger partial charge is 0.399 e. The fraction of sp³-hybridized carbons (Fsp3) is 0.562. The van der Waals surface area contributed by atoms with E-state index in [9.17, 15) is 4.79 Å². The van der Waals surface area contributed by atoms with Crippen molar-refractivity contribution in [3.8, 4) is 0 Å². The molecule has 2 N–H and O–H groups in total. The van der Waals surface area contributed by atoms with Crippen LogP contribution < -0.4 is 5.73 Å². The van der Waals surface area contributed by atoms with Crippen molar-refractivity contribution in [2.24, 2.45) is 5.92 Å². The van der Waals surface area contributed by atoms with Gasteiger partial charge in [-0.3, -0.25) is 4.79 Å². The molecule has 0 saturated carbocycles. The van der Waals surface area contributed by atoms with E-state index in [1.165, 1.54) is 0 Å². The fourth-order valence-electron chi connectivity index (χ4n) is 2.26. The lowest BCUT2D eigenvalue weighted by Crippen LogP contribution is -2.36. The van der Waals surface area contributed by atoms with Crippen molar-refractivity contribution in [3.63, 3.8) is 0 Å². The number of carbonyl (C=O) groups excluding carboxylic acids is 1. The molecule has 106 valence electrons. The third-order valence-electron chi connectivity index (χ3n) is 3.45. The molecule has 0 aliphatic rings. The van der Waals surface area contributed by atoms with Crippen LogP contribution in [0.4, 0.5) is 5.69 Å². The molecule has 0 heterocycles. The van der Waals surface area contributed by atoms with Crippen LogP contribution in [0.5, 0.6) is 0 Å². The Balaban J connectivity index is 2.46. The number of aryl methyl sites for hydroxylation is 1. The van der Waals surface area contributed by atoms with Crippen molar-refractivity contribution in [2.45, 2.75) is 46.1 Å². The average molecular weight is 262 g/mol. The minimum absolute atomic E-state index is 0.204. The van der Waals surface area contributed by atoms with Crippen molar-refractivity contribution >= 4 is 11.6 Å². The molecule has 0 aliphatic heterocycles. The predicted molar refractivity (Wildman–Crippen MR) is 80.9 cm³/mol. The smallest absolute Gasteiger partial charge is 0.222 e. The molecular weight excluding hydrogens is 236 g/mol. The summed E-state index contributed by atoms with van der Waals surface area (Å²) in [4.78, 5) is 14.0. The van der Waals surface area contributed by atoms with Gasteiger partial charge in [0.1, 0.15) is 0 Å². The van der Waals surface area contributed by atoms with Gasteiger partial charge in [0.05, 0.1) is 0 Å². The summed E-state index contributed by atoms with van der Waals surface area (Å²) in [5.74, 6) is 0.815. The number of anilines is 1. The van der Waals surface area contributed by atoms with Crippen LogP contribution in [0, 0.1) is 5.92 Å². The highest BCUT2D eigenvalue weighted by atomic mass is 16.2. The molecule has 0 saturated heterocycles. The number of benzene rings is 1. The van der Waals surface area contributed by atoms with Crippen LogP contribution >= 0.6 is 0 Å². The van der Waals surface area contributed by atoms with Crippen molar-refractivity contribution in [2.75, 3.05) is 12.8 Å². The van der Waals surface area contributed by atoms with E-state index in [4.69, 9.17) is 5.73 Å². The van der Waals surface area contributed by atoms with Crippen molar-refractivity contribution < 1.29 is 4.79 Å². The quantitative estimate of drug-likeness (QED) is 0.801. The van der Waals surface area contributed by atoms with Gasteiger partial charge >= 0.3 is 0 Å². The first kappa shape index (κ1) is 15.5. The Kier molecular flexibility index (Phi) is 5.87. The second kappa shape index (κ2) is 7.17. The molecule has 0 fully saturated rings. The molecule has 1 unspecified atom stereocenters. The van der Waals surface area contributed by atoms with Gasteiger partial charge in [0, 0.05) is 25.2 Å². The second-order valence-corrected chi connectivity index (χ2v) is 5.73. The third kappa shape index (κ3) is 5.33. The molecule has 0 bridgehead atoms. The lowest BCUT2D eigenvalue weighted by Gasteiger charge is -2.26. The van der Waals surface area contributed by atoms with Gasteiger partial charge in [-0.15, -0.1) is 0 Å². The molecular formula is C16H26N2O. The van der Waals surface area contributed by atoms with Gasteiger partial charge in [-0.05, 0) is 43.4 Å². The Morgan fingerprint density at radius 1 is 1.32 bits per heavy atom. The van der Waals surface area contributed by atoms with Gasteiger partial charge < -0.3 is 10.6 Å². The number of nitrogens with zero attached hydrogens (tertiary/aromatic N) is 1. The van der Waals surface area contributed by atoms with Crippen molar-refractivity contribution in [1.82, 2.24) is 4.90 Å². The van der Waals surface area contributed by atoms with E-state index < -0.39 is 0 Å². The zero-order valence-electron chi connectivity index (χ0n) is 12.5. The van der Waals surface area contributed by atoms with E-state index >= 15 is 0 Å². The van der Waals surface area contributed by atoms with E-state index in [0.717, 1.165) is 24.1 Å². The van der Waals surface area contributed by atoms with Crippen LogP contribution in [0.15, 0.2) is 24.3 Å². The molecule has 1 aromatic carbocycles. The van der Waals surface area contributed by atoms with Gasteiger partial charge in [-0.2, -0.15) is 0 Å². The van der Waals surface area contributed by atoms with Crippen LogP contribution in [0.3, 0.4) is 0 Å². The number of hydrogen-bond donors (Lipinski definition) is 1. The first-order chi connectivity index (χ1) is 8.90. The summed E-state index contributed by atoms with van der Waals surface area (Å²) >= 11 is 0. The van der Waals surface area contributed by atoms with Crippen molar-refractivity contribution in [3.05, 3.63) is 29.8 Å². The van der Waals surface area contributed by atoms with Crippen LogP contribution in [-0.4, -0.2) is 23.9 Å². The number of carbonyl (C=O) groups is 1. The molecule has 1 aromatic rings. The number of nitrogens with two attached hydrogens (primary N) is 1. The average Bonchev–Trinajstić information content (AvgIpc) is 2.34. The summed E-state index contributed by atoms with van der Waals surface area (Å²) in [6.45, 7) is 6.47. The lowest BCUT2D eigenvalue weighted by atomic mass is 10.0. The van der Waals surface area contributed by atoms with Crippen LogP contribution in [-0.2, 0) is 11.2 Å². The summed E-state index contributed by atoms with van der Waals surface area (Å²) < 4.78 is 0. The van der Waals surface area contributed by atoms with E-state index in [0.29, 0.717) is 18.4 Å². The molecule has 1 rings (SSSR count). The van der Waals surface area contributed by atoms with Crippen LogP contribution in [0.1, 0.15) is 39.2 Å². The van der Waals surface area contributed by atoms with E-state index in [2.05, 4.69) is 20.8 Å². The van der Waals surface area contributed by atoms with Gasteiger partial charge in [0.2, 0.25) is 5.91 Å². The van der Waals surface area contributed by atoms with Crippen molar-refractivity contribution in [1.29, 1.82) is 0 Å². The molecule has 0 aliphatic carbocycles. The molecule has 3 heteroatoms. The standard InChI is InChI=1S/C16H26N2O/c1-12(2)10-13(3)18(4)16(19)9-8-14-6-5-7-15(17)11-14/h5-7,11-13H,8-10,17H2,1-4H3. The van der Waals surface area contributed by atoms with E-state index in [-0.39, 0.29) is 5.91 Å². The van der Waals surface area contributed by atoms with Crippen LogP contribution in [0.25, 0.3) is 0 Å². The van der Waals surface area contributed by atoms with E-state index in [1.54, 1.807) is 0 Å². The number of rotatable bonds is 6. The van der Waals surface area contributed by atoms with Gasteiger partial charge in [-0.25, -0.2) is 0 Å². The number of hydrogen-bond acceptors (Lipinski definition) is 2. The first-order valence-corrected chi connectivity index (χ1v) is 7.00. The summed E-state index contributed by atoms with van der Waals surface area (Å²) in [7, 11) is 1.90.